The van der Waals surface area contributed by atoms with Crippen LogP contribution >= 0.6 is 0 Å². The number of anilines is 1. The van der Waals surface area contributed by atoms with Gasteiger partial charge in [0.25, 0.3) is 10.0 Å². The molecule has 0 aliphatic carbocycles. The summed E-state index contributed by atoms with van der Waals surface area (Å²) in [5.74, 6) is 0.149. The Labute approximate surface area is 118 Å². The van der Waals surface area contributed by atoms with Gasteiger partial charge in [-0.25, -0.2) is 13.6 Å². The van der Waals surface area contributed by atoms with Crippen LogP contribution in [0.4, 0.5) is 18.9 Å². The summed E-state index contributed by atoms with van der Waals surface area (Å²) in [6.07, 6.45) is -4.49. The molecule has 0 fully saturated rings. The molecule has 0 spiro atoms. The van der Waals surface area contributed by atoms with Crippen LogP contribution in [0.1, 0.15) is 11.3 Å². The highest BCUT2D eigenvalue weighted by molar-refractivity contribution is 7.89. The lowest BCUT2D eigenvalue weighted by Crippen LogP contribution is -2.11. The average molecular weight is 320 g/mol. The quantitative estimate of drug-likeness (QED) is 0.906. The number of halogens is 3. The lowest BCUT2D eigenvalue weighted by atomic mass is 10.1. The third-order valence-electron chi connectivity index (χ3n) is 2.60. The van der Waals surface area contributed by atoms with E-state index in [2.05, 4.69) is 5.32 Å². The maximum atomic E-state index is 12.8. The van der Waals surface area contributed by atoms with Gasteiger partial charge in [0.1, 0.15) is 5.76 Å². The number of hydrogen-bond acceptors (Lipinski definition) is 4. The van der Waals surface area contributed by atoms with Crippen molar-refractivity contribution in [1.82, 2.24) is 0 Å². The van der Waals surface area contributed by atoms with Gasteiger partial charge in [-0.05, 0) is 24.3 Å². The van der Waals surface area contributed by atoms with Gasteiger partial charge in [-0.2, -0.15) is 13.2 Å². The molecule has 0 saturated heterocycles. The molecule has 1 aromatic carbocycles. The number of sulfonamides is 1. The molecule has 2 aromatic rings. The summed E-state index contributed by atoms with van der Waals surface area (Å²) in [7, 11) is -3.97. The maximum Gasteiger partial charge on any atom is 0.418 e. The third kappa shape index (κ3) is 3.76. The standard InChI is InChI=1S/C12H11F3N2O3S/c13-12(14,15)9-3-1-2-4-10(9)17-7-8-5-6-11(20-8)21(16,18)19/h1-6,17H,7H2,(H2,16,18,19). The Morgan fingerprint density at radius 2 is 1.81 bits per heavy atom. The van der Waals surface area contributed by atoms with E-state index in [1.54, 1.807) is 0 Å². The summed E-state index contributed by atoms with van der Waals surface area (Å²) in [5, 5.41) is 6.98. The largest absolute Gasteiger partial charge is 0.446 e. The minimum absolute atomic E-state index is 0.109. The molecule has 0 atom stereocenters. The predicted octanol–water partition coefficient (Wildman–Crippen LogP) is 2.56. The second kappa shape index (κ2) is 5.41. The van der Waals surface area contributed by atoms with Crippen molar-refractivity contribution in [2.24, 2.45) is 5.14 Å². The molecule has 5 nitrogen and oxygen atoms in total. The molecule has 0 radical (unpaired) electrons. The molecule has 0 aliphatic rings. The Morgan fingerprint density at radius 3 is 2.38 bits per heavy atom. The molecular weight excluding hydrogens is 309 g/mol. The Morgan fingerprint density at radius 1 is 1.14 bits per heavy atom. The van der Waals surface area contributed by atoms with Gasteiger partial charge in [0.2, 0.25) is 5.09 Å². The van der Waals surface area contributed by atoms with E-state index < -0.39 is 26.9 Å². The molecule has 0 unspecified atom stereocenters. The molecular formula is C12H11F3N2O3S. The van der Waals surface area contributed by atoms with E-state index in [0.717, 1.165) is 12.1 Å². The molecule has 0 bridgehead atoms. The zero-order valence-corrected chi connectivity index (χ0v) is 11.3. The molecule has 0 saturated carbocycles. The molecule has 1 aromatic heterocycles. The highest BCUT2D eigenvalue weighted by atomic mass is 32.2. The molecule has 21 heavy (non-hydrogen) atoms. The fraction of sp³-hybridized carbons (Fsp3) is 0.167. The molecule has 0 amide bonds. The first-order valence-electron chi connectivity index (χ1n) is 5.69. The van der Waals surface area contributed by atoms with Gasteiger partial charge in [0, 0.05) is 5.69 Å². The van der Waals surface area contributed by atoms with E-state index >= 15 is 0 Å². The van der Waals surface area contributed by atoms with Crippen molar-refractivity contribution in [1.29, 1.82) is 0 Å². The van der Waals surface area contributed by atoms with Crippen molar-refractivity contribution < 1.29 is 26.0 Å². The molecule has 3 N–H and O–H groups in total. The molecule has 1 heterocycles. The number of primary sulfonamides is 1. The average Bonchev–Trinajstić information content (AvgIpc) is 2.84. The SMILES string of the molecule is NS(=O)(=O)c1ccc(CNc2ccccc2C(F)(F)F)o1. The van der Waals surface area contributed by atoms with Gasteiger partial charge in [-0.1, -0.05) is 12.1 Å². The van der Waals surface area contributed by atoms with Crippen LogP contribution in [0, 0.1) is 0 Å². The lowest BCUT2D eigenvalue weighted by Gasteiger charge is -2.13. The number of benzene rings is 1. The van der Waals surface area contributed by atoms with Crippen molar-refractivity contribution in [3.63, 3.8) is 0 Å². The van der Waals surface area contributed by atoms with E-state index in [1.807, 2.05) is 0 Å². The van der Waals surface area contributed by atoms with Crippen LogP contribution in [0.3, 0.4) is 0 Å². The summed E-state index contributed by atoms with van der Waals surface area (Å²) >= 11 is 0. The number of alkyl halides is 3. The normalized spacial score (nSPS) is 12.4. The lowest BCUT2D eigenvalue weighted by molar-refractivity contribution is -0.137. The van der Waals surface area contributed by atoms with E-state index in [9.17, 15) is 21.6 Å². The first-order chi connectivity index (χ1) is 9.68. The molecule has 2 rings (SSSR count). The fourth-order valence-electron chi connectivity index (χ4n) is 1.67. The first-order valence-corrected chi connectivity index (χ1v) is 7.24. The van der Waals surface area contributed by atoms with Gasteiger partial charge < -0.3 is 9.73 Å². The number of furan rings is 1. The van der Waals surface area contributed by atoms with Crippen LogP contribution in [0.5, 0.6) is 0 Å². The Balaban J connectivity index is 2.16. The fourth-order valence-corrected chi connectivity index (χ4v) is 2.15. The third-order valence-corrected chi connectivity index (χ3v) is 3.38. The Kier molecular flexibility index (Phi) is 3.97. The molecule has 0 aliphatic heterocycles. The smallest absolute Gasteiger partial charge is 0.418 e. The van der Waals surface area contributed by atoms with Gasteiger partial charge in [0.05, 0.1) is 12.1 Å². The number of rotatable bonds is 4. The highest BCUT2D eigenvalue weighted by Crippen LogP contribution is 2.34. The van der Waals surface area contributed by atoms with Gasteiger partial charge in [-0.3, -0.25) is 0 Å². The summed E-state index contributed by atoms with van der Waals surface area (Å²) in [5.41, 5.74) is -0.943. The van der Waals surface area contributed by atoms with Gasteiger partial charge in [-0.15, -0.1) is 0 Å². The van der Waals surface area contributed by atoms with E-state index in [0.29, 0.717) is 0 Å². The van der Waals surface area contributed by atoms with Crippen molar-refractivity contribution in [2.45, 2.75) is 17.8 Å². The zero-order valence-electron chi connectivity index (χ0n) is 10.5. The van der Waals surface area contributed by atoms with Crippen LogP contribution in [0.15, 0.2) is 45.9 Å². The van der Waals surface area contributed by atoms with E-state index in [-0.39, 0.29) is 18.0 Å². The number of nitrogens with one attached hydrogen (secondary N) is 1. The Hall–Kier alpha value is -2.00. The topological polar surface area (TPSA) is 85.3 Å². The predicted molar refractivity (Wildman–Crippen MR) is 68.9 cm³/mol. The highest BCUT2D eigenvalue weighted by Gasteiger charge is 2.33. The zero-order chi connectivity index (χ0) is 15.7. The second-order valence-corrected chi connectivity index (χ2v) is 5.66. The van der Waals surface area contributed by atoms with E-state index in [4.69, 9.17) is 9.56 Å². The van der Waals surface area contributed by atoms with Gasteiger partial charge in [0.15, 0.2) is 0 Å². The van der Waals surface area contributed by atoms with Crippen LogP contribution in [-0.4, -0.2) is 8.42 Å². The Bertz CT molecular complexity index is 738. The summed E-state index contributed by atoms with van der Waals surface area (Å²) < 4.78 is 65.3. The van der Waals surface area contributed by atoms with E-state index in [1.165, 1.54) is 24.3 Å². The number of para-hydroxylation sites is 1. The minimum Gasteiger partial charge on any atom is -0.446 e. The van der Waals surface area contributed by atoms with Crippen LogP contribution < -0.4 is 10.5 Å². The summed E-state index contributed by atoms with van der Waals surface area (Å²) in [6.45, 7) is -0.109. The molecule has 9 heteroatoms. The monoisotopic (exact) mass is 320 g/mol. The van der Waals surface area contributed by atoms with Crippen LogP contribution in [-0.2, 0) is 22.7 Å². The van der Waals surface area contributed by atoms with Gasteiger partial charge >= 0.3 is 6.18 Å². The van der Waals surface area contributed by atoms with Crippen molar-refractivity contribution in [3.8, 4) is 0 Å². The maximum absolute atomic E-state index is 12.8. The van der Waals surface area contributed by atoms with Crippen molar-refractivity contribution >= 4 is 15.7 Å². The minimum atomic E-state index is -4.49. The van der Waals surface area contributed by atoms with Crippen LogP contribution in [0.2, 0.25) is 0 Å². The summed E-state index contributed by atoms with van der Waals surface area (Å²) in [4.78, 5) is 0. The number of hydrogen-bond donors (Lipinski definition) is 2. The second-order valence-electron chi connectivity index (χ2n) is 4.16. The van der Waals surface area contributed by atoms with Crippen LogP contribution in [0.25, 0.3) is 0 Å². The number of nitrogens with two attached hydrogens (primary N) is 1. The summed E-state index contributed by atoms with van der Waals surface area (Å²) in [6, 6.07) is 7.41. The van der Waals surface area contributed by atoms with Crippen molar-refractivity contribution in [2.75, 3.05) is 5.32 Å². The van der Waals surface area contributed by atoms with Crippen molar-refractivity contribution in [3.05, 3.63) is 47.7 Å². The first kappa shape index (κ1) is 15.4. The molecule has 114 valence electrons.